The monoisotopic (exact) mass is 392 g/mol. The van der Waals surface area contributed by atoms with Crippen LogP contribution in [0.5, 0.6) is 0 Å². The Balaban J connectivity index is 1.28. The van der Waals surface area contributed by atoms with E-state index in [2.05, 4.69) is 34.1 Å². The Bertz CT molecular complexity index is 990. The molecule has 0 aliphatic carbocycles. The fourth-order valence-electron chi connectivity index (χ4n) is 3.50. The molecule has 0 atom stereocenters. The van der Waals surface area contributed by atoms with Gasteiger partial charge in [-0.05, 0) is 24.1 Å². The summed E-state index contributed by atoms with van der Waals surface area (Å²) >= 11 is 0. The minimum atomic E-state index is -0.263. The zero-order chi connectivity index (χ0) is 20.1. The number of carbonyl (C=O) groups excluding carboxylic acids is 1. The molecule has 2 aromatic heterocycles. The van der Waals surface area contributed by atoms with Crippen molar-refractivity contribution >= 4 is 5.91 Å². The van der Waals surface area contributed by atoms with Gasteiger partial charge in [0.25, 0.3) is 5.56 Å². The Kier molecular flexibility index (Phi) is 5.86. The Morgan fingerprint density at radius 3 is 2.52 bits per heavy atom. The molecule has 7 nitrogen and oxygen atoms in total. The summed E-state index contributed by atoms with van der Waals surface area (Å²) in [6, 6.07) is 15.3. The summed E-state index contributed by atoms with van der Waals surface area (Å²) in [6.07, 6.45) is 3.96. The van der Waals surface area contributed by atoms with Crippen LogP contribution in [0.2, 0.25) is 0 Å². The van der Waals surface area contributed by atoms with Crippen LogP contribution in [0.3, 0.4) is 0 Å². The highest BCUT2D eigenvalue weighted by atomic mass is 16.3. The minimum absolute atomic E-state index is 0.00822. The minimum Gasteiger partial charge on any atom is -0.463 e. The molecule has 0 radical (unpaired) electrons. The second kappa shape index (κ2) is 8.87. The van der Waals surface area contributed by atoms with E-state index in [-0.39, 0.29) is 18.0 Å². The maximum Gasteiger partial charge on any atom is 0.254 e. The van der Waals surface area contributed by atoms with E-state index < -0.39 is 0 Å². The van der Waals surface area contributed by atoms with E-state index in [1.54, 1.807) is 12.1 Å². The first-order chi connectivity index (χ1) is 14.2. The number of carbonyl (C=O) groups is 1. The molecule has 0 saturated carbocycles. The number of hydrogen-bond acceptors (Lipinski definition) is 5. The van der Waals surface area contributed by atoms with Gasteiger partial charge in [0.2, 0.25) is 5.91 Å². The van der Waals surface area contributed by atoms with Crippen LogP contribution in [-0.4, -0.2) is 58.0 Å². The van der Waals surface area contributed by atoms with Gasteiger partial charge in [0.05, 0.1) is 12.6 Å². The summed E-state index contributed by atoms with van der Waals surface area (Å²) in [5, 5.41) is 0. The number of hydrogen-bond donors (Lipinski definition) is 0. The summed E-state index contributed by atoms with van der Waals surface area (Å²) in [6.45, 7) is 4.06. The lowest BCUT2D eigenvalue weighted by Gasteiger charge is -2.34. The molecule has 150 valence electrons. The van der Waals surface area contributed by atoms with Gasteiger partial charge in [0.15, 0.2) is 5.76 Å². The van der Waals surface area contributed by atoms with Crippen molar-refractivity contribution < 1.29 is 9.21 Å². The van der Waals surface area contributed by atoms with Crippen molar-refractivity contribution in [3.8, 4) is 11.5 Å². The van der Waals surface area contributed by atoms with Crippen LogP contribution in [0.15, 0.2) is 70.3 Å². The molecule has 7 heteroatoms. The normalized spacial score (nSPS) is 14.8. The van der Waals surface area contributed by atoms with E-state index in [0.717, 1.165) is 26.1 Å². The fraction of sp³-hybridized carbons (Fsp3) is 0.318. The van der Waals surface area contributed by atoms with Gasteiger partial charge in [0.1, 0.15) is 12.2 Å². The molecule has 0 N–H and O–H groups in total. The Labute approximate surface area is 169 Å². The van der Waals surface area contributed by atoms with Gasteiger partial charge >= 0.3 is 0 Å². The van der Waals surface area contributed by atoms with E-state index in [9.17, 15) is 9.59 Å². The zero-order valence-corrected chi connectivity index (χ0v) is 16.2. The van der Waals surface area contributed by atoms with Crippen LogP contribution in [0.25, 0.3) is 11.5 Å². The molecule has 1 aliphatic heterocycles. The van der Waals surface area contributed by atoms with E-state index in [1.807, 2.05) is 11.0 Å². The van der Waals surface area contributed by atoms with E-state index in [4.69, 9.17) is 4.42 Å². The van der Waals surface area contributed by atoms with Gasteiger partial charge in [-0.15, -0.1) is 0 Å². The molecule has 0 bridgehead atoms. The van der Waals surface area contributed by atoms with Gasteiger partial charge in [0, 0.05) is 38.8 Å². The van der Waals surface area contributed by atoms with E-state index >= 15 is 0 Å². The lowest BCUT2D eigenvalue weighted by atomic mass is 10.1. The number of rotatable bonds is 6. The maximum absolute atomic E-state index is 12.6. The summed E-state index contributed by atoms with van der Waals surface area (Å²) < 4.78 is 6.60. The van der Waals surface area contributed by atoms with Gasteiger partial charge in [-0.3, -0.25) is 19.1 Å². The van der Waals surface area contributed by atoms with Crippen molar-refractivity contribution in [1.29, 1.82) is 0 Å². The van der Waals surface area contributed by atoms with Crippen molar-refractivity contribution in [1.82, 2.24) is 19.4 Å². The maximum atomic E-state index is 12.6. The van der Waals surface area contributed by atoms with Gasteiger partial charge < -0.3 is 9.32 Å². The van der Waals surface area contributed by atoms with Crippen LogP contribution in [0.1, 0.15) is 5.56 Å². The average molecular weight is 392 g/mol. The third-order valence-corrected chi connectivity index (χ3v) is 5.24. The topological polar surface area (TPSA) is 71.6 Å². The van der Waals surface area contributed by atoms with Crippen molar-refractivity contribution in [2.45, 2.75) is 13.0 Å². The lowest BCUT2D eigenvalue weighted by Crippen LogP contribution is -2.50. The number of nitrogens with zero attached hydrogens (tertiary/aromatic N) is 4. The molecule has 3 aromatic rings. The Morgan fingerprint density at radius 2 is 1.83 bits per heavy atom. The molecule has 1 aromatic carbocycles. The fourth-order valence-corrected chi connectivity index (χ4v) is 3.50. The molecular formula is C22H24N4O3. The largest absolute Gasteiger partial charge is 0.463 e. The standard InChI is InChI=1S/C22H24N4O3/c27-21-15-19(20-7-4-14-29-20)23-17-26(21)16-22(28)25-12-10-24(11-13-25)9-8-18-5-2-1-3-6-18/h1-7,14-15,17H,8-13,16H2. The summed E-state index contributed by atoms with van der Waals surface area (Å²) in [5.41, 5.74) is 1.54. The number of piperazine rings is 1. The third kappa shape index (κ3) is 4.81. The number of aromatic nitrogens is 2. The number of furan rings is 1. The molecule has 1 amide bonds. The predicted molar refractivity (Wildman–Crippen MR) is 109 cm³/mol. The van der Waals surface area contributed by atoms with Crippen molar-refractivity contribution in [2.24, 2.45) is 0 Å². The van der Waals surface area contributed by atoms with E-state index in [1.165, 1.54) is 28.8 Å². The van der Waals surface area contributed by atoms with Crippen molar-refractivity contribution in [3.05, 3.63) is 77.0 Å². The van der Waals surface area contributed by atoms with Crippen LogP contribution in [-0.2, 0) is 17.8 Å². The van der Waals surface area contributed by atoms with Gasteiger partial charge in [-0.2, -0.15) is 0 Å². The molecule has 1 saturated heterocycles. The molecule has 29 heavy (non-hydrogen) atoms. The first-order valence-electron chi connectivity index (χ1n) is 9.83. The van der Waals surface area contributed by atoms with Crippen LogP contribution in [0.4, 0.5) is 0 Å². The summed E-state index contributed by atoms with van der Waals surface area (Å²) in [4.78, 5) is 33.4. The highest BCUT2D eigenvalue weighted by molar-refractivity contribution is 5.76. The van der Waals surface area contributed by atoms with Crippen LogP contribution >= 0.6 is 0 Å². The molecule has 1 fully saturated rings. The van der Waals surface area contributed by atoms with Crippen LogP contribution in [0, 0.1) is 0 Å². The molecule has 0 unspecified atom stereocenters. The highest BCUT2D eigenvalue weighted by Gasteiger charge is 2.21. The second-order valence-corrected chi connectivity index (χ2v) is 7.18. The molecular weight excluding hydrogens is 368 g/mol. The van der Waals surface area contributed by atoms with Crippen molar-refractivity contribution in [2.75, 3.05) is 32.7 Å². The highest BCUT2D eigenvalue weighted by Crippen LogP contribution is 2.14. The first-order valence-corrected chi connectivity index (χ1v) is 9.83. The summed E-state index contributed by atoms with van der Waals surface area (Å²) in [5.74, 6) is 0.481. The number of benzene rings is 1. The summed E-state index contributed by atoms with van der Waals surface area (Å²) in [7, 11) is 0. The van der Waals surface area contributed by atoms with E-state index in [0.29, 0.717) is 24.5 Å². The lowest BCUT2D eigenvalue weighted by molar-refractivity contribution is -0.133. The smallest absolute Gasteiger partial charge is 0.254 e. The second-order valence-electron chi connectivity index (χ2n) is 7.18. The Hall–Kier alpha value is -3.19. The molecule has 1 aliphatic rings. The first kappa shape index (κ1) is 19.1. The quantitative estimate of drug-likeness (QED) is 0.641. The SMILES string of the molecule is O=C(Cn1cnc(-c2ccco2)cc1=O)N1CCN(CCc2ccccc2)CC1. The van der Waals surface area contributed by atoms with Gasteiger partial charge in [-0.1, -0.05) is 30.3 Å². The molecule has 3 heterocycles. The molecule has 4 rings (SSSR count). The van der Waals surface area contributed by atoms with Crippen LogP contribution < -0.4 is 5.56 Å². The average Bonchev–Trinajstić information content (AvgIpc) is 3.30. The Morgan fingerprint density at radius 1 is 1.03 bits per heavy atom. The molecule has 0 spiro atoms. The predicted octanol–water partition coefficient (Wildman–Crippen LogP) is 1.89. The number of amides is 1. The third-order valence-electron chi connectivity index (χ3n) is 5.24. The van der Waals surface area contributed by atoms with Crippen molar-refractivity contribution in [3.63, 3.8) is 0 Å². The van der Waals surface area contributed by atoms with Gasteiger partial charge in [-0.25, -0.2) is 4.98 Å². The zero-order valence-electron chi connectivity index (χ0n) is 16.2.